The van der Waals surface area contributed by atoms with Gasteiger partial charge in [0, 0.05) is 5.69 Å². The Morgan fingerprint density at radius 3 is 2.36 bits per heavy atom. The van der Waals surface area contributed by atoms with Crippen LogP contribution in [0, 0.1) is 0 Å². The molecule has 0 aromatic heterocycles. The molecule has 1 aliphatic rings. The van der Waals surface area contributed by atoms with E-state index in [1.807, 2.05) is 12.1 Å². The van der Waals surface area contributed by atoms with Crippen molar-refractivity contribution < 1.29 is 0 Å². The van der Waals surface area contributed by atoms with Gasteiger partial charge in [0.1, 0.15) is 6.71 Å². The third kappa shape index (κ3) is 1.76. The van der Waals surface area contributed by atoms with E-state index in [0.717, 1.165) is 12.4 Å². The predicted molar refractivity (Wildman–Crippen MR) is 49.9 cm³/mol. The van der Waals surface area contributed by atoms with E-state index in [0.29, 0.717) is 0 Å². The largest absolute Gasteiger partial charge is 0.399 e. The van der Waals surface area contributed by atoms with Gasteiger partial charge < -0.3 is 5.73 Å². The summed E-state index contributed by atoms with van der Waals surface area (Å²) >= 11 is 0. The van der Waals surface area contributed by atoms with Gasteiger partial charge in [0.2, 0.25) is 0 Å². The molecule has 1 aromatic rings. The van der Waals surface area contributed by atoms with Gasteiger partial charge in [-0.25, -0.2) is 0 Å². The molecule has 1 saturated heterocycles. The van der Waals surface area contributed by atoms with E-state index in [4.69, 9.17) is 5.73 Å². The Hall–Kier alpha value is -0.915. The topological polar surface area (TPSA) is 26.0 Å². The standard InChI is InChI=1S/C9H12BN/c11-9-3-1-8(2-4-9)7-10-5-6-10/h1-4H,5-7,11H2. The summed E-state index contributed by atoms with van der Waals surface area (Å²) in [4.78, 5) is 0. The Morgan fingerprint density at radius 1 is 1.18 bits per heavy atom. The van der Waals surface area contributed by atoms with Crippen molar-refractivity contribution >= 4 is 12.4 Å². The fraction of sp³-hybridized carbons (Fsp3) is 0.333. The molecule has 2 N–H and O–H groups in total. The average Bonchev–Trinajstić information content (AvgIpc) is 2.78. The Labute approximate surface area is 67.7 Å². The molecular weight excluding hydrogens is 133 g/mol. The third-order valence-electron chi connectivity index (χ3n) is 2.20. The van der Waals surface area contributed by atoms with E-state index in [9.17, 15) is 0 Å². The molecule has 11 heavy (non-hydrogen) atoms. The van der Waals surface area contributed by atoms with E-state index < -0.39 is 0 Å². The zero-order valence-corrected chi connectivity index (χ0v) is 6.59. The molecule has 1 aromatic carbocycles. The molecular formula is C9H12BN. The normalized spacial score (nSPS) is 15.1. The monoisotopic (exact) mass is 145 g/mol. The van der Waals surface area contributed by atoms with Crippen LogP contribution in [0.25, 0.3) is 0 Å². The minimum absolute atomic E-state index is 0.865. The molecule has 1 aliphatic heterocycles. The SMILES string of the molecule is Nc1ccc(CB2CC2)cc1. The number of nitrogen functional groups attached to an aromatic ring is 1. The first-order chi connectivity index (χ1) is 5.34. The fourth-order valence-corrected chi connectivity index (χ4v) is 1.31. The van der Waals surface area contributed by atoms with Crippen molar-refractivity contribution in [3.63, 3.8) is 0 Å². The van der Waals surface area contributed by atoms with Gasteiger partial charge in [-0.1, -0.05) is 30.3 Å². The van der Waals surface area contributed by atoms with Gasteiger partial charge in [0.15, 0.2) is 0 Å². The lowest BCUT2D eigenvalue weighted by atomic mass is 9.65. The molecule has 0 atom stereocenters. The maximum Gasteiger partial charge on any atom is 0.143 e. The first-order valence-electron chi connectivity index (χ1n) is 4.19. The molecule has 1 nitrogen and oxygen atoms in total. The number of nitrogens with two attached hydrogens (primary N) is 1. The highest BCUT2D eigenvalue weighted by Crippen LogP contribution is 2.25. The summed E-state index contributed by atoms with van der Waals surface area (Å²) in [5.41, 5.74) is 7.87. The lowest BCUT2D eigenvalue weighted by Gasteiger charge is -1.97. The number of rotatable bonds is 2. The maximum atomic E-state index is 5.57. The Balaban J connectivity index is 2.06. The van der Waals surface area contributed by atoms with Crippen LogP contribution in [0.1, 0.15) is 5.56 Å². The summed E-state index contributed by atoms with van der Waals surface area (Å²) in [6.45, 7) is 0.971. The van der Waals surface area contributed by atoms with Crippen molar-refractivity contribution in [2.24, 2.45) is 0 Å². The van der Waals surface area contributed by atoms with E-state index in [1.54, 1.807) is 0 Å². The quantitative estimate of drug-likeness (QED) is 0.498. The molecule has 0 bridgehead atoms. The van der Waals surface area contributed by atoms with Crippen LogP contribution in [-0.2, 0) is 6.32 Å². The third-order valence-corrected chi connectivity index (χ3v) is 2.20. The van der Waals surface area contributed by atoms with Gasteiger partial charge in [-0.05, 0) is 18.5 Å². The Kier molecular flexibility index (Phi) is 1.61. The molecule has 1 fully saturated rings. The Morgan fingerprint density at radius 2 is 1.82 bits per heavy atom. The Bertz CT molecular complexity index is 238. The number of benzene rings is 1. The highest BCUT2D eigenvalue weighted by molar-refractivity contribution is 6.68. The molecule has 0 amide bonds. The van der Waals surface area contributed by atoms with Crippen molar-refractivity contribution in [2.45, 2.75) is 19.0 Å². The average molecular weight is 145 g/mol. The van der Waals surface area contributed by atoms with Gasteiger partial charge in [0.05, 0.1) is 0 Å². The maximum absolute atomic E-state index is 5.57. The highest BCUT2D eigenvalue weighted by atomic mass is 14.5. The lowest BCUT2D eigenvalue weighted by Crippen LogP contribution is -1.95. The molecule has 2 rings (SSSR count). The van der Waals surface area contributed by atoms with Crippen LogP contribution in [0.3, 0.4) is 0 Å². The summed E-state index contributed by atoms with van der Waals surface area (Å²) in [5.74, 6) is 0. The van der Waals surface area contributed by atoms with Gasteiger partial charge in [-0.15, -0.1) is 0 Å². The lowest BCUT2D eigenvalue weighted by molar-refractivity contribution is 1.38. The fourth-order valence-electron chi connectivity index (χ4n) is 1.31. The van der Waals surface area contributed by atoms with Crippen molar-refractivity contribution in [1.82, 2.24) is 0 Å². The minimum atomic E-state index is 0.865. The molecule has 1 heterocycles. The summed E-state index contributed by atoms with van der Waals surface area (Å²) in [5, 5.41) is 0. The summed E-state index contributed by atoms with van der Waals surface area (Å²) in [6.07, 6.45) is 4.09. The minimum Gasteiger partial charge on any atom is -0.399 e. The van der Waals surface area contributed by atoms with Crippen molar-refractivity contribution in [3.8, 4) is 0 Å². The van der Waals surface area contributed by atoms with Crippen molar-refractivity contribution in [1.29, 1.82) is 0 Å². The number of hydrogen-bond donors (Lipinski definition) is 1. The van der Waals surface area contributed by atoms with E-state index >= 15 is 0 Å². The van der Waals surface area contributed by atoms with Crippen LogP contribution in [-0.4, -0.2) is 6.71 Å². The molecule has 0 aliphatic carbocycles. The molecule has 0 unspecified atom stereocenters. The molecule has 2 heteroatoms. The van der Waals surface area contributed by atoms with Crippen molar-refractivity contribution in [2.75, 3.05) is 5.73 Å². The second kappa shape index (κ2) is 2.61. The molecule has 0 saturated carbocycles. The zero-order valence-electron chi connectivity index (χ0n) is 6.59. The van der Waals surface area contributed by atoms with Gasteiger partial charge in [-0.2, -0.15) is 0 Å². The van der Waals surface area contributed by atoms with Crippen molar-refractivity contribution in [3.05, 3.63) is 29.8 Å². The van der Waals surface area contributed by atoms with Crippen LogP contribution in [0.2, 0.25) is 12.6 Å². The van der Waals surface area contributed by atoms with E-state index in [1.165, 1.54) is 24.5 Å². The first kappa shape index (κ1) is 6.77. The zero-order chi connectivity index (χ0) is 7.68. The number of anilines is 1. The van der Waals surface area contributed by atoms with Crippen LogP contribution in [0.4, 0.5) is 5.69 Å². The number of hydrogen-bond acceptors (Lipinski definition) is 1. The van der Waals surface area contributed by atoms with Crippen LogP contribution in [0.5, 0.6) is 0 Å². The van der Waals surface area contributed by atoms with E-state index in [-0.39, 0.29) is 0 Å². The molecule has 0 spiro atoms. The first-order valence-corrected chi connectivity index (χ1v) is 4.19. The highest BCUT2D eigenvalue weighted by Gasteiger charge is 2.25. The molecule has 56 valence electrons. The summed E-state index contributed by atoms with van der Waals surface area (Å²) in [7, 11) is 0. The van der Waals surface area contributed by atoms with E-state index in [2.05, 4.69) is 12.1 Å². The van der Waals surface area contributed by atoms with Crippen LogP contribution < -0.4 is 5.73 Å². The van der Waals surface area contributed by atoms with Gasteiger partial charge in [0.25, 0.3) is 0 Å². The predicted octanol–water partition coefficient (Wildman–Crippen LogP) is 1.86. The van der Waals surface area contributed by atoms with Gasteiger partial charge in [-0.3, -0.25) is 0 Å². The summed E-state index contributed by atoms with van der Waals surface area (Å²) < 4.78 is 0. The second-order valence-corrected chi connectivity index (χ2v) is 3.39. The van der Waals surface area contributed by atoms with Crippen LogP contribution >= 0.6 is 0 Å². The van der Waals surface area contributed by atoms with Gasteiger partial charge >= 0.3 is 0 Å². The molecule has 0 radical (unpaired) electrons. The van der Waals surface area contributed by atoms with Crippen LogP contribution in [0.15, 0.2) is 24.3 Å². The smallest absolute Gasteiger partial charge is 0.143 e. The second-order valence-electron chi connectivity index (χ2n) is 3.39. The summed E-state index contributed by atoms with van der Waals surface area (Å²) in [6, 6.07) is 8.23.